The van der Waals surface area contributed by atoms with Gasteiger partial charge < -0.3 is 5.41 Å². The minimum absolute atomic E-state index is 0.636. The van der Waals surface area contributed by atoms with Crippen LogP contribution in [0.2, 0.25) is 0 Å². The first kappa shape index (κ1) is 13.1. The second-order valence-corrected chi connectivity index (χ2v) is 5.63. The fraction of sp³-hybridized carbons (Fsp3) is 0.462. The van der Waals surface area contributed by atoms with Gasteiger partial charge in [0.25, 0.3) is 0 Å². The summed E-state index contributed by atoms with van der Waals surface area (Å²) in [5, 5.41) is 6.87. The van der Waals surface area contributed by atoms with Crippen LogP contribution in [0, 0.1) is 12.3 Å². The maximum absolute atomic E-state index is 11.5. The lowest BCUT2D eigenvalue weighted by Gasteiger charge is -2.02. The Bertz CT molecular complexity index is 345. The summed E-state index contributed by atoms with van der Waals surface area (Å²) in [4.78, 5) is 0. The number of aryl methyl sites for hydroxylation is 2. The zero-order valence-electron chi connectivity index (χ0n) is 9.74. The van der Waals surface area contributed by atoms with Crippen LogP contribution in [0.1, 0.15) is 24.0 Å². The smallest absolute Gasteiger partial charge is 0.0284 e. The summed E-state index contributed by atoms with van der Waals surface area (Å²) in [6.45, 7) is 2.08. The van der Waals surface area contributed by atoms with E-state index in [2.05, 4.69) is 31.2 Å². The minimum atomic E-state index is -0.749. The Morgan fingerprint density at radius 3 is 2.56 bits per heavy atom. The van der Waals surface area contributed by atoms with Crippen LogP contribution in [0.5, 0.6) is 0 Å². The van der Waals surface area contributed by atoms with E-state index in [4.69, 9.17) is 5.41 Å². The van der Waals surface area contributed by atoms with Crippen LogP contribution >= 0.6 is 0 Å². The molecule has 2 nitrogen and oxygen atoms in total. The molecule has 0 aromatic heterocycles. The lowest BCUT2D eigenvalue weighted by molar-refractivity contribution is 0.680. The molecule has 0 aliphatic rings. The second kappa shape index (κ2) is 7.34. The van der Waals surface area contributed by atoms with E-state index in [9.17, 15) is 4.21 Å². The summed E-state index contributed by atoms with van der Waals surface area (Å²) < 4.78 is 11.5. The molecule has 1 N–H and O–H groups in total. The predicted molar refractivity (Wildman–Crippen MR) is 70.8 cm³/mol. The molecule has 1 aromatic carbocycles. The monoisotopic (exact) mass is 237 g/mol. The van der Waals surface area contributed by atoms with Crippen molar-refractivity contribution in [2.75, 3.05) is 11.5 Å². The van der Waals surface area contributed by atoms with Crippen molar-refractivity contribution in [1.82, 2.24) is 0 Å². The molecule has 0 saturated heterocycles. The van der Waals surface area contributed by atoms with Crippen LogP contribution in [0.25, 0.3) is 0 Å². The molecule has 0 aliphatic heterocycles. The van der Waals surface area contributed by atoms with E-state index in [1.165, 1.54) is 17.3 Å². The molecule has 0 fully saturated rings. The lowest BCUT2D eigenvalue weighted by atomic mass is 10.1. The highest BCUT2D eigenvalue weighted by molar-refractivity contribution is 7.84. The third-order valence-electron chi connectivity index (χ3n) is 2.45. The van der Waals surface area contributed by atoms with Crippen LogP contribution in [-0.2, 0) is 17.2 Å². The Morgan fingerprint density at radius 2 is 1.94 bits per heavy atom. The highest BCUT2D eigenvalue weighted by Crippen LogP contribution is 2.06. The Labute approximate surface area is 100 Å². The Kier molecular flexibility index (Phi) is 6.01. The molecule has 3 heteroatoms. The minimum Gasteiger partial charge on any atom is -0.313 e. The molecule has 0 spiro atoms. The molecular weight excluding hydrogens is 218 g/mol. The molecule has 0 bridgehead atoms. The number of benzene rings is 1. The average molecular weight is 237 g/mol. The SMILES string of the molecule is Cc1ccc(CCCS(=O)CCC=N)cc1. The van der Waals surface area contributed by atoms with Crippen molar-refractivity contribution in [1.29, 1.82) is 5.41 Å². The molecule has 1 aromatic rings. The van der Waals surface area contributed by atoms with E-state index in [-0.39, 0.29) is 0 Å². The van der Waals surface area contributed by atoms with Crippen LogP contribution in [-0.4, -0.2) is 21.9 Å². The van der Waals surface area contributed by atoms with Crippen LogP contribution in [0.4, 0.5) is 0 Å². The molecule has 88 valence electrons. The Balaban J connectivity index is 2.22. The largest absolute Gasteiger partial charge is 0.313 e. The van der Waals surface area contributed by atoms with Crippen LogP contribution < -0.4 is 0 Å². The van der Waals surface area contributed by atoms with E-state index in [0.29, 0.717) is 12.2 Å². The van der Waals surface area contributed by atoms with Gasteiger partial charge in [-0.2, -0.15) is 0 Å². The first-order valence-electron chi connectivity index (χ1n) is 5.62. The molecule has 0 radical (unpaired) electrons. The van der Waals surface area contributed by atoms with Gasteiger partial charge in [-0.25, -0.2) is 0 Å². The third kappa shape index (κ3) is 5.21. The second-order valence-electron chi connectivity index (χ2n) is 3.93. The Hall–Kier alpha value is -0.960. The van der Waals surface area contributed by atoms with Gasteiger partial charge in [-0.1, -0.05) is 29.8 Å². The average Bonchev–Trinajstić information content (AvgIpc) is 2.29. The summed E-state index contributed by atoms with van der Waals surface area (Å²) in [5.41, 5.74) is 2.59. The van der Waals surface area contributed by atoms with Crippen molar-refractivity contribution < 1.29 is 4.21 Å². The van der Waals surface area contributed by atoms with Crippen molar-refractivity contribution in [3.63, 3.8) is 0 Å². The summed E-state index contributed by atoms with van der Waals surface area (Å²) in [6, 6.07) is 8.49. The topological polar surface area (TPSA) is 40.9 Å². The highest BCUT2D eigenvalue weighted by Gasteiger charge is 1.99. The molecule has 16 heavy (non-hydrogen) atoms. The molecule has 0 saturated carbocycles. The van der Waals surface area contributed by atoms with E-state index < -0.39 is 10.8 Å². The van der Waals surface area contributed by atoms with Gasteiger partial charge in [-0.3, -0.25) is 4.21 Å². The van der Waals surface area contributed by atoms with Crippen molar-refractivity contribution >= 4 is 17.0 Å². The highest BCUT2D eigenvalue weighted by atomic mass is 32.2. The van der Waals surface area contributed by atoms with Crippen LogP contribution in [0.15, 0.2) is 24.3 Å². The summed E-state index contributed by atoms with van der Waals surface area (Å²) in [7, 11) is -0.749. The first-order chi connectivity index (χ1) is 7.72. The fourth-order valence-electron chi connectivity index (χ4n) is 1.48. The van der Waals surface area contributed by atoms with E-state index >= 15 is 0 Å². The van der Waals surface area contributed by atoms with Gasteiger partial charge in [0.2, 0.25) is 0 Å². The van der Waals surface area contributed by atoms with Gasteiger partial charge in [-0.05, 0) is 38.0 Å². The van der Waals surface area contributed by atoms with E-state index in [0.717, 1.165) is 18.6 Å². The lowest BCUT2D eigenvalue weighted by Crippen LogP contribution is -2.04. The molecule has 1 unspecified atom stereocenters. The predicted octanol–water partition coefficient (Wildman–Crippen LogP) is 2.72. The molecule has 1 atom stereocenters. The zero-order chi connectivity index (χ0) is 11.8. The standard InChI is InChI=1S/C13H19NOS/c1-12-5-7-13(8-6-12)4-2-10-16(15)11-3-9-14/h5-9,14H,2-4,10-11H2,1H3. The quantitative estimate of drug-likeness (QED) is 0.728. The maximum Gasteiger partial charge on any atom is 0.0284 e. The summed E-state index contributed by atoms with van der Waals surface area (Å²) >= 11 is 0. The van der Waals surface area contributed by atoms with Crippen molar-refractivity contribution in [2.45, 2.75) is 26.2 Å². The van der Waals surface area contributed by atoms with Gasteiger partial charge >= 0.3 is 0 Å². The van der Waals surface area contributed by atoms with Crippen molar-refractivity contribution in [2.24, 2.45) is 0 Å². The van der Waals surface area contributed by atoms with Crippen LogP contribution in [0.3, 0.4) is 0 Å². The number of hydrogen-bond acceptors (Lipinski definition) is 2. The number of rotatable bonds is 7. The molecule has 1 rings (SSSR count). The molecular formula is C13H19NOS. The van der Waals surface area contributed by atoms with Gasteiger partial charge in [-0.15, -0.1) is 0 Å². The Morgan fingerprint density at radius 1 is 1.25 bits per heavy atom. The van der Waals surface area contributed by atoms with E-state index in [1.54, 1.807) is 0 Å². The molecule has 0 amide bonds. The van der Waals surface area contributed by atoms with Gasteiger partial charge in [0.15, 0.2) is 0 Å². The first-order valence-corrected chi connectivity index (χ1v) is 7.10. The van der Waals surface area contributed by atoms with Gasteiger partial charge in [0.05, 0.1) is 0 Å². The van der Waals surface area contributed by atoms with E-state index in [1.807, 2.05) is 0 Å². The maximum atomic E-state index is 11.5. The fourth-order valence-corrected chi connectivity index (χ4v) is 2.54. The third-order valence-corrected chi connectivity index (χ3v) is 3.88. The van der Waals surface area contributed by atoms with Crippen molar-refractivity contribution in [3.05, 3.63) is 35.4 Å². The van der Waals surface area contributed by atoms with Gasteiger partial charge in [0.1, 0.15) is 0 Å². The van der Waals surface area contributed by atoms with Gasteiger partial charge in [0, 0.05) is 22.3 Å². The summed E-state index contributed by atoms with van der Waals surface area (Å²) in [6.07, 6.45) is 3.93. The normalized spacial score (nSPS) is 12.3. The van der Waals surface area contributed by atoms with Crippen molar-refractivity contribution in [3.8, 4) is 0 Å². The summed E-state index contributed by atoms with van der Waals surface area (Å²) in [5.74, 6) is 1.39. The number of hydrogen-bond donors (Lipinski definition) is 1. The molecule has 0 heterocycles. The molecule has 0 aliphatic carbocycles. The zero-order valence-corrected chi connectivity index (χ0v) is 10.6. The number of nitrogens with one attached hydrogen (secondary N) is 1.